The van der Waals surface area contributed by atoms with Crippen LogP contribution >= 0.6 is 0 Å². The summed E-state index contributed by atoms with van der Waals surface area (Å²) >= 11 is 0. The van der Waals surface area contributed by atoms with Crippen molar-refractivity contribution in [2.45, 2.75) is 12.4 Å². The molecule has 1 aliphatic carbocycles. The molecule has 3 saturated heterocycles. The van der Waals surface area contributed by atoms with Crippen molar-refractivity contribution in [3.05, 3.63) is 52.5 Å². The van der Waals surface area contributed by atoms with E-state index < -0.39 is 23.5 Å². The van der Waals surface area contributed by atoms with Gasteiger partial charge in [-0.3, -0.25) is 9.59 Å². The molecule has 4 aliphatic rings. The third-order valence-corrected chi connectivity index (χ3v) is 5.22. The van der Waals surface area contributed by atoms with Gasteiger partial charge in [-0.15, -0.1) is 0 Å². The lowest BCUT2D eigenvalue weighted by Crippen LogP contribution is -2.29. The summed E-state index contributed by atoms with van der Waals surface area (Å²) in [5.41, 5.74) is -0.751. The van der Waals surface area contributed by atoms with Crippen molar-refractivity contribution in [1.82, 2.24) is 14.7 Å². The van der Waals surface area contributed by atoms with Gasteiger partial charge in [-0.25, -0.2) is 0 Å². The largest absolute Gasteiger partial charge is 0.416 e. The fourth-order valence-electron chi connectivity index (χ4n) is 3.39. The number of hydrogen-bond acceptors (Lipinski definition) is 5. The summed E-state index contributed by atoms with van der Waals surface area (Å²) in [5.74, 6) is 0.0485. The average molecular weight is 457 g/mol. The Morgan fingerprint density at radius 1 is 0.688 bits per heavy atom. The molecule has 3 fully saturated rings. The number of ketones is 2. The van der Waals surface area contributed by atoms with Crippen LogP contribution in [0.5, 0.6) is 0 Å². The molecule has 0 amide bonds. The average Bonchev–Trinajstić information content (AvgIpc) is 3.54. The number of carbonyl (C=O) groups excluding carboxylic acids is 2. The Balaban J connectivity index is 0.000000155. The molecule has 170 valence electrons. The predicted octanol–water partition coefficient (Wildman–Crippen LogP) is 1.16. The van der Waals surface area contributed by atoms with Gasteiger partial charge < -0.3 is 14.7 Å². The molecule has 0 saturated carbocycles. The summed E-state index contributed by atoms with van der Waals surface area (Å²) in [4.78, 5) is 30.5. The van der Waals surface area contributed by atoms with Crippen LogP contribution in [0.3, 0.4) is 0 Å². The second-order valence-corrected chi connectivity index (χ2v) is 7.96. The summed E-state index contributed by atoms with van der Waals surface area (Å²) in [6, 6.07) is 1.46. The topological polar surface area (TPSA) is 43.2 Å². The second-order valence-electron chi connectivity index (χ2n) is 7.96. The van der Waals surface area contributed by atoms with Gasteiger partial charge in [0.1, 0.15) is 19.2 Å². The lowest BCUT2D eigenvalue weighted by molar-refractivity contribution is -0.143. The van der Waals surface area contributed by atoms with E-state index in [1.807, 2.05) is 14.7 Å². The van der Waals surface area contributed by atoms with Crippen molar-refractivity contribution in [3.8, 4) is 0 Å². The quantitative estimate of drug-likeness (QED) is 0.295. The molecule has 0 bridgehead atoms. The van der Waals surface area contributed by atoms with Crippen molar-refractivity contribution in [2.75, 3.05) is 39.3 Å². The van der Waals surface area contributed by atoms with E-state index in [0.717, 1.165) is 39.3 Å². The first-order valence-electron chi connectivity index (χ1n) is 9.92. The molecule has 0 radical (unpaired) electrons. The molecule has 0 atom stereocenters. The van der Waals surface area contributed by atoms with Crippen LogP contribution in [0.15, 0.2) is 41.4 Å². The molecule has 1 aromatic carbocycles. The minimum absolute atomic E-state index is 0.00546. The van der Waals surface area contributed by atoms with Crippen molar-refractivity contribution in [1.29, 1.82) is 0 Å². The fourth-order valence-corrected chi connectivity index (χ4v) is 3.39. The fraction of sp³-hybridized carbons (Fsp3) is 0.400. The number of nitrogens with zero attached hydrogens (tertiary/aromatic N) is 3. The molecule has 0 unspecified atom stereocenters. The Kier molecular flexibility index (Phi) is 5.29. The Bertz CT molecular complexity index is 1000. The molecule has 1 aromatic rings. The number of carbonyl (C=O) groups is 2. The lowest BCUT2D eigenvalue weighted by Gasteiger charge is -2.21. The van der Waals surface area contributed by atoms with E-state index in [0.29, 0.717) is 29.2 Å². The Labute approximate surface area is 180 Å². The van der Waals surface area contributed by atoms with E-state index in [4.69, 9.17) is 0 Å². The highest BCUT2D eigenvalue weighted by Gasteiger charge is 2.43. The normalized spacial score (nSPS) is 20.2. The van der Waals surface area contributed by atoms with E-state index in [9.17, 15) is 35.9 Å². The van der Waals surface area contributed by atoms with E-state index in [2.05, 4.69) is 0 Å². The van der Waals surface area contributed by atoms with E-state index in [1.54, 1.807) is 0 Å². The van der Waals surface area contributed by atoms with Gasteiger partial charge in [0.15, 0.2) is 0 Å². The number of allylic oxidation sites excluding steroid dienone is 1. The first kappa shape index (κ1) is 22.3. The van der Waals surface area contributed by atoms with Crippen LogP contribution in [0.25, 0.3) is 0 Å². The number of benzene rings is 1. The Morgan fingerprint density at radius 3 is 1.53 bits per heavy atom. The molecule has 0 aromatic heterocycles. The third-order valence-electron chi connectivity index (χ3n) is 5.22. The maximum atomic E-state index is 12.4. The molecule has 32 heavy (non-hydrogen) atoms. The molecule has 0 spiro atoms. The molecular weight excluding hydrogens is 439 g/mol. The maximum Gasteiger partial charge on any atom is 0.416 e. The Morgan fingerprint density at radius 2 is 1.12 bits per heavy atom. The summed E-state index contributed by atoms with van der Waals surface area (Å²) in [7, 11) is 1.18. The van der Waals surface area contributed by atoms with Gasteiger partial charge in [0.2, 0.25) is 11.6 Å². The smallest absolute Gasteiger partial charge is 0.365 e. The van der Waals surface area contributed by atoms with Crippen LogP contribution in [0, 0.1) is 0 Å². The van der Waals surface area contributed by atoms with E-state index in [-0.39, 0.29) is 23.1 Å². The van der Waals surface area contributed by atoms with E-state index in [1.165, 1.54) is 13.9 Å². The van der Waals surface area contributed by atoms with E-state index >= 15 is 0 Å². The van der Waals surface area contributed by atoms with Crippen LogP contribution in [-0.4, -0.2) is 73.4 Å². The first-order valence-corrected chi connectivity index (χ1v) is 9.92. The zero-order chi connectivity index (χ0) is 23.4. The van der Waals surface area contributed by atoms with Crippen LogP contribution in [0.2, 0.25) is 0 Å². The number of Topliss-reactive ketones (excluding diaryl/α,β-unsaturated/α-hetero) is 1. The van der Waals surface area contributed by atoms with Gasteiger partial charge in [-0.05, 0) is 6.07 Å². The summed E-state index contributed by atoms with van der Waals surface area (Å²) in [6.07, 6.45) is -7.99. The SMILES string of the molecule is Bc1cc(C(F)(F)F)cc(C(F)(F)F)c1.O=C1C=C(N2CC2)C(=O)C(N2CC2)=C1N1CC1. The van der Waals surface area contributed by atoms with Crippen LogP contribution < -0.4 is 5.46 Å². The lowest BCUT2D eigenvalue weighted by atomic mass is 9.91. The summed E-state index contributed by atoms with van der Waals surface area (Å²) in [5, 5.41) is 0. The predicted molar refractivity (Wildman–Crippen MR) is 104 cm³/mol. The van der Waals surface area contributed by atoms with Crippen molar-refractivity contribution >= 4 is 24.9 Å². The van der Waals surface area contributed by atoms with Crippen molar-refractivity contribution < 1.29 is 35.9 Å². The highest BCUT2D eigenvalue weighted by molar-refractivity contribution is 6.32. The van der Waals surface area contributed by atoms with Crippen LogP contribution in [-0.2, 0) is 21.9 Å². The van der Waals surface area contributed by atoms with Gasteiger partial charge in [0.25, 0.3) is 0 Å². The number of rotatable bonds is 3. The number of alkyl halides is 6. The van der Waals surface area contributed by atoms with Crippen molar-refractivity contribution in [3.63, 3.8) is 0 Å². The molecule has 0 N–H and O–H groups in total. The van der Waals surface area contributed by atoms with Gasteiger partial charge in [0, 0.05) is 45.3 Å². The molecule has 3 aliphatic heterocycles. The molecule has 3 heterocycles. The number of hydrogen-bond donors (Lipinski definition) is 0. The monoisotopic (exact) mass is 457 g/mol. The molecule has 12 heteroatoms. The minimum Gasteiger partial charge on any atom is -0.365 e. The standard InChI is InChI=1S/C12H13N3O2.C8H5BF6/c16-9-7-8(13-1-2-13)12(17)11(15-5-6-15)10(9)14-3-4-14;9-6-2-4(7(10,11)12)1-5(3-6)8(13,14)15/h7H,1-6H2;1-3H,9H2. The second kappa shape index (κ2) is 7.59. The number of halogens is 6. The van der Waals surface area contributed by atoms with Gasteiger partial charge >= 0.3 is 12.4 Å². The first-order chi connectivity index (χ1) is 14.9. The third kappa shape index (κ3) is 4.78. The molecule has 5 rings (SSSR count). The highest BCUT2D eigenvalue weighted by atomic mass is 19.4. The van der Waals surface area contributed by atoms with Gasteiger partial charge in [-0.1, -0.05) is 17.6 Å². The molecule has 5 nitrogen and oxygen atoms in total. The van der Waals surface area contributed by atoms with Crippen LogP contribution in [0.4, 0.5) is 26.3 Å². The maximum absolute atomic E-state index is 12.4. The zero-order valence-corrected chi connectivity index (χ0v) is 17.0. The summed E-state index contributed by atoms with van der Waals surface area (Å²) in [6.45, 7) is 5.41. The van der Waals surface area contributed by atoms with Gasteiger partial charge in [0.05, 0.1) is 16.8 Å². The van der Waals surface area contributed by atoms with Gasteiger partial charge in [-0.2, -0.15) is 26.3 Å². The zero-order valence-electron chi connectivity index (χ0n) is 17.0. The Hall–Kier alpha value is -2.92. The van der Waals surface area contributed by atoms with Crippen LogP contribution in [0.1, 0.15) is 11.1 Å². The minimum atomic E-state index is -4.76. The summed E-state index contributed by atoms with van der Waals surface area (Å²) < 4.78 is 73.0. The van der Waals surface area contributed by atoms with Crippen molar-refractivity contribution in [2.24, 2.45) is 0 Å². The highest BCUT2D eigenvalue weighted by Crippen LogP contribution is 2.35. The molecular formula is C20H18BF6N3O2.